The quantitative estimate of drug-likeness (QED) is 0.783. The summed E-state index contributed by atoms with van der Waals surface area (Å²) in [5.74, 6) is 0. The number of hydrogen-bond donors (Lipinski definition) is 3. The van der Waals surface area contributed by atoms with Gasteiger partial charge in [-0.05, 0) is 51.8 Å². The van der Waals surface area contributed by atoms with Crippen LogP contribution in [-0.4, -0.2) is 25.2 Å². The molecule has 3 N–H and O–H groups in total. The lowest BCUT2D eigenvalue weighted by atomic mass is 9.91. The van der Waals surface area contributed by atoms with Gasteiger partial charge >= 0.3 is 6.03 Å². The fraction of sp³-hybridized carbons (Fsp3) is 0.533. The first kappa shape index (κ1) is 13.9. The van der Waals surface area contributed by atoms with Crippen LogP contribution in [0.5, 0.6) is 0 Å². The normalized spacial score (nSPS) is 22.8. The maximum Gasteiger partial charge on any atom is 0.319 e. The van der Waals surface area contributed by atoms with Gasteiger partial charge in [-0.15, -0.1) is 0 Å². The lowest BCUT2D eigenvalue weighted by Crippen LogP contribution is -2.43. The van der Waals surface area contributed by atoms with Crippen LogP contribution in [0.4, 0.5) is 10.5 Å². The molecule has 1 saturated carbocycles. The van der Waals surface area contributed by atoms with E-state index in [9.17, 15) is 4.79 Å². The van der Waals surface area contributed by atoms with Crippen molar-refractivity contribution in [3.05, 3.63) is 29.8 Å². The molecule has 4 heteroatoms. The summed E-state index contributed by atoms with van der Waals surface area (Å²) < 4.78 is 0. The minimum Gasteiger partial charge on any atom is -0.335 e. The second-order valence-electron chi connectivity index (χ2n) is 5.30. The number of carbonyl (C=O) groups excluding carboxylic acids is 1. The molecule has 4 nitrogen and oxygen atoms in total. The van der Waals surface area contributed by atoms with Crippen LogP contribution >= 0.6 is 0 Å². The fourth-order valence-electron chi connectivity index (χ4n) is 2.52. The van der Waals surface area contributed by atoms with Gasteiger partial charge in [0, 0.05) is 17.8 Å². The Bertz CT molecular complexity index is 408. The van der Waals surface area contributed by atoms with E-state index in [0.29, 0.717) is 12.1 Å². The third-order valence-electron chi connectivity index (χ3n) is 3.78. The average Bonchev–Trinajstić information content (AvgIpc) is 2.42. The molecule has 0 heterocycles. The van der Waals surface area contributed by atoms with E-state index in [1.807, 2.05) is 38.2 Å². The van der Waals surface area contributed by atoms with Gasteiger partial charge in [0.2, 0.25) is 0 Å². The van der Waals surface area contributed by atoms with E-state index >= 15 is 0 Å². The van der Waals surface area contributed by atoms with Crippen molar-refractivity contribution in [2.75, 3.05) is 12.4 Å². The summed E-state index contributed by atoms with van der Waals surface area (Å²) in [7, 11) is 2.00. The highest BCUT2D eigenvalue weighted by Gasteiger charge is 2.21. The van der Waals surface area contributed by atoms with Crippen LogP contribution in [0, 0.1) is 6.92 Å². The van der Waals surface area contributed by atoms with Crippen LogP contribution in [0.3, 0.4) is 0 Å². The number of urea groups is 1. The van der Waals surface area contributed by atoms with E-state index < -0.39 is 0 Å². The van der Waals surface area contributed by atoms with Crippen molar-refractivity contribution in [2.24, 2.45) is 0 Å². The molecule has 0 spiro atoms. The Morgan fingerprint density at radius 2 is 1.63 bits per heavy atom. The van der Waals surface area contributed by atoms with Crippen molar-refractivity contribution >= 4 is 11.7 Å². The van der Waals surface area contributed by atoms with Crippen molar-refractivity contribution < 1.29 is 4.79 Å². The Kier molecular flexibility index (Phi) is 4.80. The van der Waals surface area contributed by atoms with Gasteiger partial charge in [0.15, 0.2) is 0 Å². The molecule has 1 fully saturated rings. The number of anilines is 1. The number of hydrogen-bond acceptors (Lipinski definition) is 2. The molecule has 0 saturated heterocycles. The standard InChI is InChI=1S/C15H23N3O/c1-11-3-5-13(6-4-11)17-15(19)18-14-9-7-12(16-2)8-10-14/h3-6,12,14,16H,7-10H2,1-2H3,(H2,17,18,19). The van der Waals surface area contributed by atoms with Gasteiger partial charge in [0.1, 0.15) is 0 Å². The van der Waals surface area contributed by atoms with Gasteiger partial charge in [-0.25, -0.2) is 4.79 Å². The van der Waals surface area contributed by atoms with Crippen molar-refractivity contribution in [3.8, 4) is 0 Å². The highest BCUT2D eigenvalue weighted by molar-refractivity contribution is 5.89. The van der Waals surface area contributed by atoms with Gasteiger partial charge in [-0.1, -0.05) is 17.7 Å². The Hall–Kier alpha value is -1.55. The number of amides is 2. The number of benzene rings is 1. The predicted molar refractivity (Wildman–Crippen MR) is 78.4 cm³/mol. The molecule has 1 aliphatic carbocycles. The van der Waals surface area contributed by atoms with Crippen LogP contribution < -0.4 is 16.0 Å². The Labute approximate surface area is 115 Å². The monoisotopic (exact) mass is 261 g/mol. The molecule has 2 rings (SSSR count). The van der Waals surface area contributed by atoms with Gasteiger partial charge in [-0.3, -0.25) is 0 Å². The molecule has 0 radical (unpaired) electrons. The third-order valence-corrected chi connectivity index (χ3v) is 3.78. The summed E-state index contributed by atoms with van der Waals surface area (Å²) in [6.45, 7) is 2.03. The number of carbonyl (C=O) groups is 1. The van der Waals surface area contributed by atoms with E-state index in [1.165, 1.54) is 5.56 Å². The Balaban J connectivity index is 1.77. The number of nitrogens with one attached hydrogen (secondary N) is 3. The van der Waals surface area contributed by atoms with Crippen molar-refractivity contribution in [1.82, 2.24) is 10.6 Å². The van der Waals surface area contributed by atoms with E-state index in [2.05, 4.69) is 16.0 Å². The van der Waals surface area contributed by atoms with Crippen molar-refractivity contribution in [1.29, 1.82) is 0 Å². The lowest BCUT2D eigenvalue weighted by Gasteiger charge is -2.28. The van der Waals surface area contributed by atoms with E-state index in [0.717, 1.165) is 31.4 Å². The molecule has 2 amide bonds. The fourth-order valence-corrected chi connectivity index (χ4v) is 2.52. The predicted octanol–water partition coefficient (Wildman–Crippen LogP) is 2.65. The minimum atomic E-state index is -0.100. The van der Waals surface area contributed by atoms with E-state index in [-0.39, 0.29) is 6.03 Å². The summed E-state index contributed by atoms with van der Waals surface area (Å²) in [6, 6.07) is 8.64. The van der Waals surface area contributed by atoms with Crippen LogP contribution in [0.15, 0.2) is 24.3 Å². The summed E-state index contributed by atoms with van der Waals surface area (Å²) in [5, 5.41) is 9.22. The second kappa shape index (κ2) is 6.57. The maximum absolute atomic E-state index is 11.9. The van der Waals surface area contributed by atoms with E-state index in [1.54, 1.807) is 0 Å². The summed E-state index contributed by atoms with van der Waals surface area (Å²) in [6.07, 6.45) is 4.36. The van der Waals surface area contributed by atoms with Crippen molar-refractivity contribution in [3.63, 3.8) is 0 Å². The molecule has 1 aromatic carbocycles. The minimum absolute atomic E-state index is 0.100. The first-order valence-electron chi connectivity index (χ1n) is 6.99. The highest BCUT2D eigenvalue weighted by Crippen LogP contribution is 2.18. The zero-order valence-electron chi connectivity index (χ0n) is 11.7. The molecule has 0 bridgehead atoms. The summed E-state index contributed by atoms with van der Waals surface area (Å²) in [5.41, 5.74) is 2.03. The summed E-state index contributed by atoms with van der Waals surface area (Å²) >= 11 is 0. The Morgan fingerprint density at radius 3 is 2.21 bits per heavy atom. The molecular formula is C15H23N3O. The molecule has 0 unspecified atom stereocenters. The average molecular weight is 261 g/mol. The van der Waals surface area contributed by atoms with Crippen LogP contribution in [0.1, 0.15) is 31.2 Å². The SMILES string of the molecule is CNC1CCC(NC(=O)Nc2ccc(C)cc2)CC1. The van der Waals surface area contributed by atoms with Crippen molar-refractivity contribution in [2.45, 2.75) is 44.7 Å². The molecule has 19 heavy (non-hydrogen) atoms. The molecule has 104 valence electrons. The first-order chi connectivity index (χ1) is 9.17. The molecular weight excluding hydrogens is 238 g/mol. The zero-order valence-corrected chi connectivity index (χ0v) is 11.7. The van der Waals surface area contributed by atoms with Crippen LogP contribution in [0.2, 0.25) is 0 Å². The first-order valence-corrected chi connectivity index (χ1v) is 6.99. The molecule has 0 aromatic heterocycles. The lowest BCUT2D eigenvalue weighted by molar-refractivity contribution is 0.241. The maximum atomic E-state index is 11.9. The number of rotatable bonds is 3. The second-order valence-corrected chi connectivity index (χ2v) is 5.30. The molecule has 0 aliphatic heterocycles. The highest BCUT2D eigenvalue weighted by atomic mass is 16.2. The molecule has 1 aliphatic rings. The Morgan fingerprint density at radius 1 is 1.05 bits per heavy atom. The van der Waals surface area contributed by atoms with Gasteiger partial charge in [-0.2, -0.15) is 0 Å². The molecule has 1 aromatic rings. The van der Waals surface area contributed by atoms with Crippen LogP contribution in [-0.2, 0) is 0 Å². The van der Waals surface area contributed by atoms with E-state index in [4.69, 9.17) is 0 Å². The van der Waals surface area contributed by atoms with Gasteiger partial charge in [0.25, 0.3) is 0 Å². The van der Waals surface area contributed by atoms with Gasteiger partial charge in [0.05, 0.1) is 0 Å². The number of aryl methyl sites for hydroxylation is 1. The summed E-state index contributed by atoms with van der Waals surface area (Å²) in [4.78, 5) is 11.9. The topological polar surface area (TPSA) is 53.2 Å². The largest absolute Gasteiger partial charge is 0.335 e. The van der Waals surface area contributed by atoms with Gasteiger partial charge < -0.3 is 16.0 Å². The molecule has 0 atom stereocenters. The zero-order chi connectivity index (χ0) is 13.7. The van der Waals surface area contributed by atoms with Crippen LogP contribution in [0.25, 0.3) is 0 Å². The smallest absolute Gasteiger partial charge is 0.319 e. The third kappa shape index (κ3) is 4.24.